The van der Waals surface area contributed by atoms with Crippen molar-refractivity contribution < 1.29 is 9.47 Å². The number of rotatable bonds is 9. The number of aryl methyl sites for hydroxylation is 1. The van der Waals surface area contributed by atoms with Crippen LogP contribution in [0.4, 0.5) is 0 Å². The standard InChI is InChI=1S/C17H30N4O2S.HI/c1-3-18-17(20-9-5-16-21-13-14(2)24-16)19-8-4-10-23-15-6-11-22-12-7-15;/h13,15H,3-12H2,1-2H3,(H2,18,19,20);1H. The van der Waals surface area contributed by atoms with Crippen LogP contribution in [-0.2, 0) is 15.9 Å². The number of aromatic nitrogens is 1. The Morgan fingerprint density at radius 3 is 2.88 bits per heavy atom. The van der Waals surface area contributed by atoms with Gasteiger partial charge in [0.05, 0.1) is 11.1 Å². The average molecular weight is 482 g/mol. The first kappa shape index (κ1) is 22.6. The van der Waals surface area contributed by atoms with Gasteiger partial charge in [-0.2, -0.15) is 0 Å². The Morgan fingerprint density at radius 2 is 2.20 bits per heavy atom. The van der Waals surface area contributed by atoms with Crippen LogP contribution in [0.1, 0.15) is 36.1 Å². The SMILES string of the molecule is CCNC(=NCCCOC1CCOCC1)NCCc1ncc(C)s1.I. The van der Waals surface area contributed by atoms with Crippen LogP contribution >= 0.6 is 35.3 Å². The zero-order valence-electron chi connectivity index (χ0n) is 15.3. The summed E-state index contributed by atoms with van der Waals surface area (Å²) in [6.07, 6.45) is 6.20. The molecule has 1 fully saturated rings. The van der Waals surface area contributed by atoms with E-state index in [-0.39, 0.29) is 24.0 Å². The van der Waals surface area contributed by atoms with Crippen molar-refractivity contribution in [3.05, 3.63) is 16.1 Å². The van der Waals surface area contributed by atoms with Gasteiger partial charge in [0.25, 0.3) is 0 Å². The predicted molar refractivity (Wildman–Crippen MR) is 114 cm³/mol. The Bertz CT molecular complexity index is 493. The summed E-state index contributed by atoms with van der Waals surface area (Å²) < 4.78 is 11.2. The first-order valence-electron chi connectivity index (χ1n) is 8.90. The highest BCUT2D eigenvalue weighted by atomic mass is 127. The van der Waals surface area contributed by atoms with Crippen LogP contribution in [-0.4, -0.2) is 56.5 Å². The molecule has 0 spiro atoms. The van der Waals surface area contributed by atoms with Crippen molar-refractivity contribution in [1.82, 2.24) is 15.6 Å². The lowest BCUT2D eigenvalue weighted by molar-refractivity contribution is -0.0318. The minimum Gasteiger partial charge on any atom is -0.381 e. The van der Waals surface area contributed by atoms with E-state index < -0.39 is 0 Å². The molecule has 8 heteroatoms. The van der Waals surface area contributed by atoms with E-state index in [0.717, 1.165) is 71.1 Å². The second-order valence-electron chi connectivity index (χ2n) is 5.84. The molecular formula is C17H31IN4O2S. The Kier molecular flexibility index (Phi) is 12.4. The number of thiazole rings is 1. The number of hydrogen-bond acceptors (Lipinski definition) is 5. The molecule has 0 amide bonds. The third kappa shape index (κ3) is 9.72. The van der Waals surface area contributed by atoms with Gasteiger partial charge in [-0.3, -0.25) is 4.99 Å². The van der Waals surface area contributed by atoms with Crippen molar-refractivity contribution in [2.45, 2.75) is 45.6 Å². The molecule has 0 unspecified atom stereocenters. The quantitative estimate of drug-likeness (QED) is 0.245. The van der Waals surface area contributed by atoms with Crippen molar-refractivity contribution in [2.24, 2.45) is 4.99 Å². The molecule has 25 heavy (non-hydrogen) atoms. The number of hydrogen-bond donors (Lipinski definition) is 2. The molecule has 2 heterocycles. The van der Waals surface area contributed by atoms with Crippen molar-refractivity contribution in [3.63, 3.8) is 0 Å². The lowest BCUT2D eigenvalue weighted by atomic mass is 10.1. The Hall–Kier alpha value is -0.450. The molecule has 0 aromatic carbocycles. The fourth-order valence-electron chi connectivity index (χ4n) is 2.49. The Morgan fingerprint density at radius 1 is 1.40 bits per heavy atom. The van der Waals surface area contributed by atoms with Gasteiger partial charge in [0.1, 0.15) is 0 Å². The highest BCUT2D eigenvalue weighted by Crippen LogP contribution is 2.11. The van der Waals surface area contributed by atoms with Gasteiger partial charge in [0.15, 0.2) is 5.96 Å². The number of aliphatic imine (C=N–C) groups is 1. The number of guanidine groups is 1. The van der Waals surface area contributed by atoms with Gasteiger partial charge in [-0.05, 0) is 33.1 Å². The van der Waals surface area contributed by atoms with Crippen LogP contribution in [0.2, 0.25) is 0 Å². The van der Waals surface area contributed by atoms with Gasteiger partial charge in [0.2, 0.25) is 0 Å². The van der Waals surface area contributed by atoms with Gasteiger partial charge in [-0.25, -0.2) is 4.98 Å². The molecule has 0 radical (unpaired) electrons. The number of halogens is 1. The van der Waals surface area contributed by atoms with E-state index in [0.29, 0.717) is 6.10 Å². The van der Waals surface area contributed by atoms with Crippen molar-refractivity contribution in [3.8, 4) is 0 Å². The minimum atomic E-state index is 0. The van der Waals surface area contributed by atoms with Crippen LogP contribution in [0.25, 0.3) is 0 Å². The van der Waals surface area contributed by atoms with E-state index >= 15 is 0 Å². The zero-order chi connectivity index (χ0) is 17.0. The highest BCUT2D eigenvalue weighted by molar-refractivity contribution is 14.0. The molecule has 0 bridgehead atoms. The van der Waals surface area contributed by atoms with Crippen molar-refractivity contribution in [1.29, 1.82) is 0 Å². The minimum absolute atomic E-state index is 0. The van der Waals surface area contributed by atoms with E-state index in [1.165, 1.54) is 9.88 Å². The third-order valence-corrected chi connectivity index (χ3v) is 4.71. The number of nitrogens with one attached hydrogen (secondary N) is 2. The lowest BCUT2D eigenvalue weighted by Gasteiger charge is -2.22. The first-order valence-corrected chi connectivity index (χ1v) is 9.72. The topological polar surface area (TPSA) is 67.8 Å². The van der Waals surface area contributed by atoms with Crippen LogP contribution in [0.5, 0.6) is 0 Å². The van der Waals surface area contributed by atoms with Crippen LogP contribution in [0, 0.1) is 6.92 Å². The maximum atomic E-state index is 5.87. The maximum absolute atomic E-state index is 5.87. The van der Waals surface area contributed by atoms with E-state index in [1.54, 1.807) is 11.3 Å². The van der Waals surface area contributed by atoms with E-state index in [1.807, 2.05) is 6.20 Å². The van der Waals surface area contributed by atoms with Gasteiger partial charge in [-0.15, -0.1) is 35.3 Å². The maximum Gasteiger partial charge on any atom is 0.191 e. The average Bonchev–Trinajstić information content (AvgIpc) is 3.01. The second kappa shape index (κ2) is 13.7. The first-order chi connectivity index (χ1) is 11.8. The molecule has 0 atom stereocenters. The summed E-state index contributed by atoms with van der Waals surface area (Å²) in [5, 5.41) is 7.81. The van der Waals surface area contributed by atoms with E-state index in [9.17, 15) is 0 Å². The molecule has 2 N–H and O–H groups in total. The summed E-state index contributed by atoms with van der Waals surface area (Å²) in [7, 11) is 0. The van der Waals surface area contributed by atoms with Crippen LogP contribution in [0.15, 0.2) is 11.2 Å². The molecule has 1 aromatic rings. The summed E-state index contributed by atoms with van der Waals surface area (Å²) in [5.74, 6) is 0.872. The molecule has 0 aliphatic carbocycles. The van der Waals surface area contributed by atoms with Gasteiger partial charge in [-0.1, -0.05) is 0 Å². The number of nitrogens with zero attached hydrogens (tertiary/aromatic N) is 2. The molecule has 0 saturated carbocycles. The smallest absolute Gasteiger partial charge is 0.191 e. The van der Waals surface area contributed by atoms with E-state index in [2.05, 4.69) is 34.5 Å². The predicted octanol–water partition coefficient (Wildman–Crippen LogP) is 2.75. The Balaban J connectivity index is 0.00000312. The third-order valence-electron chi connectivity index (χ3n) is 3.74. The summed E-state index contributed by atoms with van der Waals surface area (Å²) in [5.41, 5.74) is 0. The fraction of sp³-hybridized carbons (Fsp3) is 0.765. The summed E-state index contributed by atoms with van der Waals surface area (Å²) in [6.45, 7) is 9.07. The molecule has 1 aliphatic heterocycles. The van der Waals surface area contributed by atoms with Crippen LogP contribution in [0.3, 0.4) is 0 Å². The second-order valence-corrected chi connectivity index (χ2v) is 7.16. The normalized spacial score (nSPS) is 15.7. The van der Waals surface area contributed by atoms with Gasteiger partial charge >= 0.3 is 0 Å². The zero-order valence-corrected chi connectivity index (χ0v) is 18.4. The molecular weight excluding hydrogens is 451 g/mol. The van der Waals surface area contributed by atoms with E-state index in [4.69, 9.17) is 9.47 Å². The molecule has 6 nitrogen and oxygen atoms in total. The van der Waals surface area contributed by atoms with Gasteiger partial charge < -0.3 is 20.1 Å². The molecule has 1 aromatic heterocycles. The van der Waals surface area contributed by atoms with Crippen LogP contribution < -0.4 is 10.6 Å². The van der Waals surface area contributed by atoms with Gasteiger partial charge in [0, 0.05) is 56.9 Å². The highest BCUT2D eigenvalue weighted by Gasteiger charge is 2.13. The fourth-order valence-corrected chi connectivity index (χ4v) is 3.28. The largest absolute Gasteiger partial charge is 0.381 e. The number of ether oxygens (including phenoxy) is 2. The van der Waals surface area contributed by atoms with Crippen molar-refractivity contribution in [2.75, 3.05) is 39.5 Å². The molecule has 144 valence electrons. The lowest BCUT2D eigenvalue weighted by Crippen LogP contribution is -2.38. The monoisotopic (exact) mass is 482 g/mol. The molecule has 1 saturated heterocycles. The molecule has 1 aliphatic rings. The molecule has 2 rings (SSSR count). The summed E-state index contributed by atoms with van der Waals surface area (Å²) in [4.78, 5) is 10.2. The summed E-state index contributed by atoms with van der Waals surface area (Å²) in [6, 6.07) is 0. The van der Waals surface area contributed by atoms with Crippen molar-refractivity contribution >= 4 is 41.3 Å². The summed E-state index contributed by atoms with van der Waals surface area (Å²) >= 11 is 1.75. The Labute approximate surface area is 172 Å².